The Labute approximate surface area is 128 Å². The zero-order valence-corrected chi connectivity index (χ0v) is 13.8. The normalized spacial score (nSPS) is 18.9. The van der Waals surface area contributed by atoms with Gasteiger partial charge in [0.1, 0.15) is 5.82 Å². The number of piperazine rings is 1. The first-order chi connectivity index (χ1) is 9.97. The van der Waals surface area contributed by atoms with Gasteiger partial charge in [-0.3, -0.25) is 4.90 Å². The lowest BCUT2D eigenvalue weighted by atomic mass is 10.0. The van der Waals surface area contributed by atoms with Gasteiger partial charge in [0, 0.05) is 38.8 Å². The second kappa shape index (κ2) is 7.09. The molecule has 0 saturated carbocycles. The molecule has 1 fully saturated rings. The van der Waals surface area contributed by atoms with Gasteiger partial charge in [-0.15, -0.1) is 0 Å². The summed E-state index contributed by atoms with van der Waals surface area (Å²) in [5.74, 6) is 1.57. The van der Waals surface area contributed by atoms with Gasteiger partial charge in [0.05, 0.1) is 11.9 Å². The van der Waals surface area contributed by atoms with E-state index in [4.69, 9.17) is 5.73 Å². The van der Waals surface area contributed by atoms with E-state index in [-0.39, 0.29) is 0 Å². The number of hydrogen-bond donors (Lipinski definition) is 2. The molecule has 0 spiro atoms. The highest BCUT2D eigenvalue weighted by molar-refractivity contribution is 5.50. The van der Waals surface area contributed by atoms with Crippen LogP contribution in [0.4, 0.5) is 11.5 Å². The summed E-state index contributed by atoms with van der Waals surface area (Å²) in [6.45, 7) is 12.2. The van der Waals surface area contributed by atoms with Crippen LogP contribution in [0.3, 0.4) is 0 Å². The minimum atomic E-state index is 0.539. The number of nitrogens with two attached hydrogens (primary N) is 1. The zero-order valence-electron chi connectivity index (χ0n) is 13.8. The first kappa shape index (κ1) is 16.0. The van der Waals surface area contributed by atoms with Crippen LogP contribution >= 0.6 is 0 Å². The molecule has 5 nitrogen and oxygen atoms in total. The van der Waals surface area contributed by atoms with Gasteiger partial charge in [-0.1, -0.05) is 13.8 Å². The maximum atomic E-state index is 5.76. The molecular formula is C16H29N5. The van der Waals surface area contributed by atoms with Crippen LogP contribution in [0, 0.1) is 12.8 Å². The van der Waals surface area contributed by atoms with Crippen LogP contribution in [0.1, 0.15) is 19.4 Å². The number of aryl methyl sites for hydroxylation is 1. The van der Waals surface area contributed by atoms with Crippen LogP contribution in [0.2, 0.25) is 0 Å². The van der Waals surface area contributed by atoms with Gasteiger partial charge in [-0.25, -0.2) is 4.98 Å². The van der Waals surface area contributed by atoms with Crippen LogP contribution in [0.25, 0.3) is 0 Å². The zero-order chi connectivity index (χ0) is 15.4. The van der Waals surface area contributed by atoms with Gasteiger partial charge in [-0.2, -0.15) is 0 Å². The van der Waals surface area contributed by atoms with Crippen molar-refractivity contribution in [1.82, 2.24) is 14.8 Å². The number of aromatic nitrogens is 1. The van der Waals surface area contributed by atoms with Gasteiger partial charge in [0.2, 0.25) is 0 Å². The average Bonchev–Trinajstić information content (AvgIpc) is 2.42. The van der Waals surface area contributed by atoms with Crippen LogP contribution in [-0.2, 0) is 0 Å². The molecule has 1 unspecified atom stereocenters. The summed E-state index contributed by atoms with van der Waals surface area (Å²) in [6.07, 6.45) is 1.72. The van der Waals surface area contributed by atoms with E-state index in [9.17, 15) is 0 Å². The summed E-state index contributed by atoms with van der Waals surface area (Å²) >= 11 is 0. The Hall–Kier alpha value is -1.33. The molecule has 0 aromatic carbocycles. The third-order valence-corrected chi connectivity index (χ3v) is 4.35. The van der Waals surface area contributed by atoms with Crippen molar-refractivity contribution in [1.29, 1.82) is 0 Å². The standard InChI is InChI=1S/C16H29N5/c1-12(2)15(21-7-5-20(4)6-8-21)11-19-16-13(3)9-14(17)10-18-16/h9-10,12,15H,5-8,11,17H2,1-4H3,(H,18,19). The van der Waals surface area contributed by atoms with E-state index in [1.54, 1.807) is 6.20 Å². The van der Waals surface area contributed by atoms with Crippen LogP contribution in [0.5, 0.6) is 0 Å². The van der Waals surface area contributed by atoms with Gasteiger partial charge >= 0.3 is 0 Å². The number of pyridine rings is 1. The Morgan fingerprint density at radius 1 is 1.29 bits per heavy atom. The molecule has 1 aliphatic rings. The average molecular weight is 291 g/mol. The molecule has 5 heteroatoms. The number of nitrogen functional groups attached to an aromatic ring is 1. The predicted octanol–water partition coefficient (Wildman–Crippen LogP) is 1.66. The SMILES string of the molecule is Cc1cc(N)cnc1NCC(C(C)C)N1CCN(C)CC1. The maximum Gasteiger partial charge on any atom is 0.129 e. The minimum absolute atomic E-state index is 0.539. The van der Waals surface area contributed by atoms with Gasteiger partial charge in [0.25, 0.3) is 0 Å². The number of nitrogens with zero attached hydrogens (tertiary/aromatic N) is 3. The van der Waals surface area contributed by atoms with E-state index in [0.717, 1.165) is 49.8 Å². The van der Waals surface area contributed by atoms with E-state index in [1.165, 1.54) is 0 Å². The predicted molar refractivity (Wildman–Crippen MR) is 89.6 cm³/mol. The number of rotatable bonds is 5. The fraction of sp³-hybridized carbons (Fsp3) is 0.688. The first-order valence-electron chi connectivity index (χ1n) is 7.86. The Kier molecular flexibility index (Phi) is 5.42. The molecule has 1 saturated heterocycles. The van der Waals surface area contributed by atoms with Crippen molar-refractivity contribution in [2.75, 3.05) is 50.8 Å². The highest BCUT2D eigenvalue weighted by atomic mass is 15.3. The van der Waals surface area contributed by atoms with Crippen molar-refractivity contribution in [2.24, 2.45) is 5.92 Å². The second-order valence-electron chi connectivity index (χ2n) is 6.47. The van der Waals surface area contributed by atoms with E-state index >= 15 is 0 Å². The lowest BCUT2D eigenvalue weighted by Gasteiger charge is -2.40. The van der Waals surface area contributed by atoms with E-state index < -0.39 is 0 Å². The van der Waals surface area contributed by atoms with Crippen molar-refractivity contribution in [3.8, 4) is 0 Å². The largest absolute Gasteiger partial charge is 0.397 e. The van der Waals surface area contributed by atoms with Gasteiger partial charge < -0.3 is 16.0 Å². The second-order valence-corrected chi connectivity index (χ2v) is 6.47. The van der Waals surface area contributed by atoms with Crippen LogP contribution in [0.15, 0.2) is 12.3 Å². The summed E-state index contributed by atoms with van der Waals surface area (Å²) in [5.41, 5.74) is 7.59. The molecule has 2 rings (SSSR count). The van der Waals surface area contributed by atoms with E-state index in [1.807, 2.05) is 13.0 Å². The van der Waals surface area contributed by atoms with Crippen molar-refractivity contribution >= 4 is 11.5 Å². The fourth-order valence-corrected chi connectivity index (χ4v) is 2.92. The van der Waals surface area contributed by atoms with Crippen molar-refractivity contribution in [2.45, 2.75) is 26.8 Å². The molecule has 0 aliphatic carbocycles. The summed E-state index contributed by atoms with van der Waals surface area (Å²) < 4.78 is 0. The summed E-state index contributed by atoms with van der Waals surface area (Å²) in [7, 11) is 2.20. The number of anilines is 2. The van der Waals surface area contributed by atoms with Crippen molar-refractivity contribution < 1.29 is 0 Å². The molecule has 1 atom stereocenters. The number of hydrogen-bond acceptors (Lipinski definition) is 5. The van der Waals surface area contributed by atoms with Crippen molar-refractivity contribution in [3.05, 3.63) is 17.8 Å². The highest BCUT2D eigenvalue weighted by Gasteiger charge is 2.24. The topological polar surface area (TPSA) is 57.4 Å². The van der Waals surface area contributed by atoms with E-state index in [2.05, 4.69) is 41.0 Å². The molecule has 118 valence electrons. The molecule has 2 heterocycles. The molecule has 1 aromatic rings. The van der Waals surface area contributed by atoms with Crippen molar-refractivity contribution in [3.63, 3.8) is 0 Å². The van der Waals surface area contributed by atoms with Crippen LogP contribution in [-0.4, -0.2) is 60.6 Å². The molecule has 0 amide bonds. The molecule has 3 N–H and O–H groups in total. The Morgan fingerprint density at radius 3 is 2.52 bits per heavy atom. The number of nitrogens with one attached hydrogen (secondary N) is 1. The third-order valence-electron chi connectivity index (χ3n) is 4.35. The Bertz CT molecular complexity index is 452. The number of likely N-dealkylation sites (N-methyl/N-ethyl adjacent to an activating group) is 1. The quantitative estimate of drug-likeness (QED) is 0.864. The molecular weight excluding hydrogens is 262 g/mol. The highest BCUT2D eigenvalue weighted by Crippen LogP contribution is 2.17. The van der Waals surface area contributed by atoms with Gasteiger partial charge in [-0.05, 0) is 31.5 Å². The van der Waals surface area contributed by atoms with Crippen LogP contribution < -0.4 is 11.1 Å². The molecule has 21 heavy (non-hydrogen) atoms. The summed E-state index contributed by atoms with van der Waals surface area (Å²) in [4.78, 5) is 9.40. The first-order valence-corrected chi connectivity index (χ1v) is 7.86. The molecule has 0 bridgehead atoms. The smallest absolute Gasteiger partial charge is 0.129 e. The lowest BCUT2D eigenvalue weighted by molar-refractivity contribution is 0.0944. The Balaban J connectivity index is 1.97. The molecule has 0 radical (unpaired) electrons. The fourth-order valence-electron chi connectivity index (χ4n) is 2.92. The molecule has 1 aliphatic heterocycles. The monoisotopic (exact) mass is 291 g/mol. The Morgan fingerprint density at radius 2 is 1.95 bits per heavy atom. The van der Waals surface area contributed by atoms with Gasteiger partial charge in [0.15, 0.2) is 0 Å². The lowest BCUT2D eigenvalue weighted by Crippen LogP contribution is -2.52. The third kappa shape index (κ3) is 4.32. The molecule has 1 aromatic heterocycles. The summed E-state index contributed by atoms with van der Waals surface area (Å²) in [6, 6.07) is 2.51. The summed E-state index contributed by atoms with van der Waals surface area (Å²) in [5, 5.41) is 3.51. The minimum Gasteiger partial charge on any atom is -0.397 e. The maximum absolute atomic E-state index is 5.76. The van der Waals surface area contributed by atoms with E-state index in [0.29, 0.717) is 12.0 Å².